The zero-order valence-corrected chi connectivity index (χ0v) is 18.0. The van der Waals surface area contributed by atoms with Gasteiger partial charge < -0.3 is 10.1 Å². The monoisotopic (exact) mass is 399 g/mol. The largest absolute Gasteiger partial charge is 0.378 e. The average molecular weight is 400 g/mol. The second-order valence-corrected chi connectivity index (χ2v) is 9.69. The molecule has 2 aromatic rings. The Morgan fingerprint density at radius 1 is 1.29 bits per heavy atom. The summed E-state index contributed by atoms with van der Waals surface area (Å²) in [5, 5.41) is 6.47. The van der Waals surface area contributed by atoms with E-state index in [4.69, 9.17) is 4.74 Å². The molecular formula is C23H33N3OS. The fourth-order valence-corrected chi connectivity index (χ4v) is 5.76. The lowest BCUT2D eigenvalue weighted by molar-refractivity contribution is -0.0960. The lowest BCUT2D eigenvalue weighted by Gasteiger charge is -2.52. The third-order valence-corrected chi connectivity index (χ3v) is 7.71. The van der Waals surface area contributed by atoms with Crippen LogP contribution in [0.15, 0.2) is 41.9 Å². The minimum Gasteiger partial charge on any atom is -0.378 e. The van der Waals surface area contributed by atoms with Crippen LogP contribution in [0.25, 0.3) is 0 Å². The minimum absolute atomic E-state index is 0.0478. The number of methoxy groups -OCH3 is 1. The number of nitrogens with one attached hydrogen (secondary N) is 1. The third kappa shape index (κ3) is 4.27. The summed E-state index contributed by atoms with van der Waals surface area (Å²) in [7, 11) is 1.92. The Balaban J connectivity index is 1.32. The van der Waals surface area contributed by atoms with Crippen LogP contribution in [0.4, 0.5) is 5.13 Å². The minimum atomic E-state index is 0.0478. The summed E-state index contributed by atoms with van der Waals surface area (Å²) in [5.41, 5.74) is 1.82. The summed E-state index contributed by atoms with van der Waals surface area (Å²) in [4.78, 5) is 7.04. The molecular weight excluding hydrogens is 366 g/mol. The highest BCUT2D eigenvalue weighted by Crippen LogP contribution is 2.43. The molecule has 1 N–H and O–H groups in total. The Hall–Kier alpha value is -1.43. The van der Waals surface area contributed by atoms with E-state index in [1.165, 1.54) is 31.4 Å². The molecule has 0 amide bonds. The Morgan fingerprint density at radius 2 is 2.14 bits per heavy atom. The molecule has 0 radical (unpaired) electrons. The van der Waals surface area contributed by atoms with Gasteiger partial charge in [-0.3, -0.25) is 4.90 Å². The zero-order chi connectivity index (χ0) is 19.5. The smallest absolute Gasteiger partial charge is 0.182 e. The molecule has 3 heterocycles. The molecule has 0 saturated carbocycles. The Morgan fingerprint density at radius 3 is 2.89 bits per heavy atom. The van der Waals surface area contributed by atoms with Crippen molar-refractivity contribution < 1.29 is 4.74 Å². The van der Waals surface area contributed by atoms with E-state index in [1.54, 1.807) is 11.3 Å². The standard InChI is InChI=1S/C23H33N3OS/c1-22(19-7-4-3-5-8-19)11-9-20-17-23(27-2,12-15-26(20)18-22)10-6-13-24-21-25-14-16-28-21/h3-5,7-8,14,16,20H,6,9-13,15,17-18H2,1-2H3,(H,24,25). The second kappa shape index (κ2) is 8.52. The number of aromatic nitrogens is 1. The predicted octanol–water partition coefficient (Wildman–Crippen LogP) is 4.94. The normalized spacial score (nSPS) is 30.7. The number of anilines is 1. The summed E-state index contributed by atoms with van der Waals surface area (Å²) in [6, 6.07) is 11.8. The molecule has 2 saturated heterocycles. The van der Waals surface area contributed by atoms with Crippen molar-refractivity contribution in [3.05, 3.63) is 47.5 Å². The summed E-state index contributed by atoms with van der Waals surface area (Å²) in [5.74, 6) is 0. The molecule has 0 bridgehead atoms. The van der Waals surface area contributed by atoms with Crippen molar-refractivity contribution in [1.82, 2.24) is 9.88 Å². The molecule has 2 aliphatic heterocycles. The van der Waals surface area contributed by atoms with Gasteiger partial charge >= 0.3 is 0 Å². The summed E-state index contributed by atoms with van der Waals surface area (Å²) in [6.45, 7) is 5.74. The molecule has 1 aromatic heterocycles. The first kappa shape index (κ1) is 19.9. The van der Waals surface area contributed by atoms with Crippen LogP contribution >= 0.6 is 11.3 Å². The van der Waals surface area contributed by atoms with Gasteiger partial charge in [0.2, 0.25) is 0 Å². The molecule has 3 unspecified atom stereocenters. The van der Waals surface area contributed by atoms with Crippen molar-refractivity contribution in [1.29, 1.82) is 0 Å². The zero-order valence-electron chi connectivity index (χ0n) is 17.2. The predicted molar refractivity (Wildman–Crippen MR) is 117 cm³/mol. The maximum atomic E-state index is 6.13. The van der Waals surface area contributed by atoms with Crippen molar-refractivity contribution in [2.45, 2.75) is 62.5 Å². The fraction of sp³-hybridized carbons (Fsp3) is 0.609. The van der Waals surface area contributed by atoms with Gasteiger partial charge in [-0.1, -0.05) is 37.3 Å². The van der Waals surface area contributed by atoms with Crippen molar-refractivity contribution in [3.8, 4) is 0 Å². The van der Waals surface area contributed by atoms with E-state index in [1.807, 2.05) is 18.7 Å². The molecule has 3 atom stereocenters. The van der Waals surface area contributed by atoms with Crippen LogP contribution in [-0.4, -0.2) is 48.3 Å². The van der Waals surface area contributed by atoms with Gasteiger partial charge in [0, 0.05) is 49.8 Å². The SMILES string of the molecule is COC1(CCCNc2nccs2)CCN2CC(C)(c3ccccc3)CCC2C1. The number of ether oxygens (including phenoxy) is 1. The van der Waals surface area contributed by atoms with Crippen LogP contribution in [0, 0.1) is 0 Å². The van der Waals surface area contributed by atoms with Crippen molar-refractivity contribution in [2.75, 3.05) is 32.1 Å². The number of thiazole rings is 1. The van der Waals surface area contributed by atoms with E-state index in [2.05, 4.69) is 52.5 Å². The molecule has 152 valence electrons. The topological polar surface area (TPSA) is 37.4 Å². The number of piperidine rings is 2. The van der Waals surface area contributed by atoms with Crippen LogP contribution in [0.5, 0.6) is 0 Å². The van der Waals surface area contributed by atoms with Crippen LogP contribution in [-0.2, 0) is 10.2 Å². The molecule has 0 aliphatic carbocycles. The van der Waals surface area contributed by atoms with E-state index in [9.17, 15) is 0 Å². The fourth-order valence-electron chi connectivity index (χ4n) is 5.20. The third-order valence-electron chi connectivity index (χ3n) is 6.98. The lowest BCUT2D eigenvalue weighted by atomic mass is 9.70. The molecule has 1 aromatic carbocycles. The van der Waals surface area contributed by atoms with E-state index < -0.39 is 0 Å². The molecule has 2 fully saturated rings. The van der Waals surface area contributed by atoms with Crippen molar-refractivity contribution in [2.24, 2.45) is 0 Å². The van der Waals surface area contributed by atoms with Crippen LogP contribution < -0.4 is 5.32 Å². The highest BCUT2D eigenvalue weighted by atomic mass is 32.1. The quantitative estimate of drug-likeness (QED) is 0.670. The first-order valence-corrected chi connectivity index (χ1v) is 11.5. The summed E-state index contributed by atoms with van der Waals surface area (Å²) >= 11 is 1.67. The second-order valence-electron chi connectivity index (χ2n) is 8.80. The Labute approximate surface area is 173 Å². The Bertz CT molecular complexity index is 738. The number of nitrogens with zero attached hydrogens (tertiary/aromatic N) is 2. The van der Waals surface area contributed by atoms with E-state index in [0.717, 1.165) is 37.5 Å². The van der Waals surface area contributed by atoms with Gasteiger partial charge in [-0.05, 0) is 44.1 Å². The number of hydrogen-bond acceptors (Lipinski definition) is 5. The highest BCUT2D eigenvalue weighted by Gasteiger charge is 2.45. The van der Waals surface area contributed by atoms with Gasteiger partial charge in [-0.15, -0.1) is 11.3 Å². The van der Waals surface area contributed by atoms with Crippen LogP contribution in [0.2, 0.25) is 0 Å². The van der Waals surface area contributed by atoms with Gasteiger partial charge in [-0.2, -0.15) is 0 Å². The summed E-state index contributed by atoms with van der Waals surface area (Å²) < 4.78 is 6.13. The number of benzene rings is 1. The molecule has 4 rings (SSSR count). The van der Waals surface area contributed by atoms with E-state index in [0.29, 0.717) is 6.04 Å². The van der Waals surface area contributed by atoms with E-state index >= 15 is 0 Å². The molecule has 0 spiro atoms. The summed E-state index contributed by atoms with van der Waals surface area (Å²) in [6.07, 6.45) is 8.96. The van der Waals surface area contributed by atoms with Gasteiger partial charge in [0.05, 0.1) is 5.60 Å². The lowest BCUT2D eigenvalue weighted by Crippen LogP contribution is -2.57. The maximum absolute atomic E-state index is 6.13. The molecule has 4 nitrogen and oxygen atoms in total. The van der Waals surface area contributed by atoms with E-state index in [-0.39, 0.29) is 11.0 Å². The number of hydrogen-bond donors (Lipinski definition) is 1. The molecule has 5 heteroatoms. The van der Waals surface area contributed by atoms with Crippen LogP contribution in [0.1, 0.15) is 51.0 Å². The number of fused-ring (bicyclic) bond motifs is 1. The van der Waals surface area contributed by atoms with Gasteiger partial charge in [0.25, 0.3) is 0 Å². The number of rotatable bonds is 7. The molecule has 2 aliphatic rings. The highest BCUT2D eigenvalue weighted by molar-refractivity contribution is 7.13. The Kier molecular flexibility index (Phi) is 6.04. The van der Waals surface area contributed by atoms with Crippen molar-refractivity contribution >= 4 is 16.5 Å². The maximum Gasteiger partial charge on any atom is 0.182 e. The first-order chi connectivity index (χ1) is 13.6. The molecule has 28 heavy (non-hydrogen) atoms. The first-order valence-electron chi connectivity index (χ1n) is 10.6. The van der Waals surface area contributed by atoms with Gasteiger partial charge in [0.1, 0.15) is 0 Å². The van der Waals surface area contributed by atoms with Crippen LogP contribution in [0.3, 0.4) is 0 Å². The van der Waals surface area contributed by atoms with Gasteiger partial charge in [0.15, 0.2) is 5.13 Å². The van der Waals surface area contributed by atoms with Crippen molar-refractivity contribution in [3.63, 3.8) is 0 Å². The average Bonchev–Trinajstić information content (AvgIpc) is 3.26. The van der Waals surface area contributed by atoms with Gasteiger partial charge in [-0.25, -0.2) is 4.98 Å².